The third kappa shape index (κ3) is 2.69. The first-order valence-electron chi connectivity index (χ1n) is 5.54. The van der Waals surface area contributed by atoms with E-state index in [0.717, 1.165) is 18.7 Å². The summed E-state index contributed by atoms with van der Waals surface area (Å²) in [6, 6.07) is 0. The highest BCUT2D eigenvalue weighted by Crippen LogP contribution is 2.41. The van der Waals surface area contributed by atoms with Gasteiger partial charge in [-0.2, -0.15) is 11.8 Å². The highest BCUT2D eigenvalue weighted by atomic mass is 32.2. The predicted octanol–water partition coefficient (Wildman–Crippen LogP) is 1.46. The van der Waals surface area contributed by atoms with E-state index in [1.807, 2.05) is 11.8 Å². The maximum absolute atomic E-state index is 5.97. The van der Waals surface area contributed by atoms with Crippen LogP contribution in [0.3, 0.4) is 0 Å². The minimum Gasteiger partial charge on any atom is -0.329 e. The number of thioether (sulfide) groups is 1. The largest absolute Gasteiger partial charge is 0.329 e. The summed E-state index contributed by atoms with van der Waals surface area (Å²) >= 11 is 1.99. The number of hydrogen-bond donors (Lipinski definition) is 2. The fourth-order valence-corrected chi connectivity index (χ4v) is 3.84. The van der Waals surface area contributed by atoms with Gasteiger partial charge in [0.25, 0.3) is 0 Å². The van der Waals surface area contributed by atoms with E-state index in [4.69, 9.17) is 12.2 Å². The predicted molar refractivity (Wildman–Crippen MR) is 69.0 cm³/mol. The Morgan fingerprint density at radius 1 is 1.53 bits per heavy atom. The molecule has 3 N–H and O–H groups in total. The van der Waals surface area contributed by atoms with E-state index in [1.54, 1.807) is 0 Å². The average molecular weight is 226 g/mol. The second-order valence-corrected chi connectivity index (χ2v) is 5.96. The van der Waals surface area contributed by atoms with Crippen molar-refractivity contribution in [3.05, 3.63) is 0 Å². The van der Waals surface area contributed by atoms with E-state index in [0.29, 0.717) is 6.54 Å². The Kier molecular flexibility index (Phi) is 4.51. The molecule has 15 heavy (non-hydrogen) atoms. The second-order valence-electron chi connectivity index (χ2n) is 4.85. The van der Waals surface area contributed by atoms with Crippen LogP contribution in [0.15, 0.2) is 0 Å². The van der Waals surface area contributed by atoms with Crippen LogP contribution < -0.4 is 11.1 Å². The van der Waals surface area contributed by atoms with Crippen LogP contribution in [0.1, 0.15) is 26.7 Å². The van der Waals surface area contributed by atoms with E-state index in [9.17, 15) is 0 Å². The van der Waals surface area contributed by atoms with Crippen molar-refractivity contribution in [2.45, 2.75) is 32.2 Å². The lowest BCUT2D eigenvalue weighted by atomic mass is 9.70. The van der Waals surface area contributed by atoms with Gasteiger partial charge in [0.15, 0.2) is 0 Å². The molecule has 0 saturated carbocycles. The van der Waals surface area contributed by atoms with Gasteiger partial charge in [0.1, 0.15) is 0 Å². The number of nitrogens with two attached hydrogens (primary N) is 1. The Labute approximate surface area is 97.8 Å². The summed E-state index contributed by atoms with van der Waals surface area (Å²) in [7, 11) is 0. The van der Waals surface area contributed by atoms with Crippen LogP contribution in [0.25, 0.3) is 0 Å². The van der Waals surface area contributed by atoms with Crippen molar-refractivity contribution in [3.8, 4) is 12.3 Å². The molecule has 2 nitrogen and oxygen atoms in total. The summed E-state index contributed by atoms with van der Waals surface area (Å²) < 4.78 is 0. The van der Waals surface area contributed by atoms with Crippen LogP contribution in [0.5, 0.6) is 0 Å². The third-order valence-electron chi connectivity index (χ3n) is 3.60. The molecule has 0 aromatic heterocycles. The maximum Gasteiger partial charge on any atom is 0.0447 e. The van der Waals surface area contributed by atoms with Gasteiger partial charge in [-0.05, 0) is 17.6 Å². The average Bonchev–Trinajstić information content (AvgIpc) is 2.21. The monoisotopic (exact) mass is 226 g/mol. The van der Waals surface area contributed by atoms with E-state index in [1.165, 1.54) is 12.2 Å². The Hall–Kier alpha value is -0.170. The summed E-state index contributed by atoms with van der Waals surface area (Å²) in [5.41, 5.74) is 6.30. The molecule has 1 heterocycles. The third-order valence-corrected chi connectivity index (χ3v) is 4.79. The number of nitrogens with one attached hydrogen (secondary N) is 1. The van der Waals surface area contributed by atoms with Gasteiger partial charge >= 0.3 is 0 Å². The van der Waals surface area contributed by atoms with Crippen LogP contribution in [0, 0.1) is 17.8 Å². The highest BCUT2D eigenvalue weighted by molar-refractivity contribution is 7.99. The summed E-state index contributed by atoms with van der Waals surface area (Å²) in [6.07, 6.45) is 7.27. The first-order chi connectivity index (χ1) is 7.08. The Morgan fingerprint density at radius 3 is 2.80 bits per heavy atom. The van der Waals surface area contributed by atoms with Crippen molar-refractivity contribution in [3.63, 3.8) is 0 Å². The van der Waals surface area contributed by atoms with Gasteiger partial charge in [0, 0.05) is 30.8 Å². The van der Waals surface area contributed by atoms with Crippen molar-refractivity contribution >= 4 is 11.8 Å². The Balaban J connectivity index is 2.68. The van der Waals surface area contributed by atoms with Crippen molar-refractivity contribution < 1.29 is 0 Å². The van der Waals surface area contributed by atoms with E-state index in [2.05, 4.69) is 25.1 Å². The first-order valence-corrected chi connectivity index (χ1v) is 6.70. The van der Waals surface area contributed by atoms with Crippen LogP contribution in [0.2, 0.25) is 0 Å². The van der Waals surface area contributed by atoms with E-state index < -0.39 is 0 Å². The van der Waals surface area contributed by atoms with Gasteiger partial charge in [0.05, 0.1) is 0 Å². The van der Waals surface area contributed by atoms with Crippen LogP contribution >= 0.6 is 11.8 Å². The van der Waals surface area contributed by atoms with Gasteiger partial charge < -0.3 is 11.1 Å². The summed E-state index contributed by atoms with van der Waals surface area (Å²) in [5, 5.41) is 3.59. The molecule has 0 aliphatic carbocycles. The van der Waals surface area contributed by atoms with Gasteiger partial charge in [-0.25, -0.2) is 0 Å². The topological polar surface area (TPSA) is 38.0 Å². The minimum absolute atomic E-state index is 0.0623. The zero-order valence-corrected chi connectivity index (χ0v) is 10.6. The Bertz CT molecular complexity index is 244. The molecule has 1 fully saturated rings. The fourth-order valence-electron chi connectivity index (χ4n) is 2.08. The molecule has 1 atom stereocenters. The Morgan fingerprint density at radius 2 is 2.27 bits per heavy atom. The zero-order chi connectivity index (χ0) is 11.4. The molecule has 0 spiro atoms. The molecule has 1 rings (SSSR count). The maximum atomic E-state index is 5.97. The SMILES string of the molecule is C#CCCNC1(CN)CSCCC1(C)C. The lowest BCUT2D eigenvalue weighted by Crippen LogP contribution is -2.64. The normalized spacial score (nSPS) is 29.7. The molecule has 1 aliphatic heterocycles. The molecule has 3 heteroatoms. The molecule has 0 amide bonds. The van der Waals surface area contributed by atoms with Gasteiger partial charge in [-0.3, -0.25) is 0 Å². The lowest BCUT2D eigenvalue weighted by Gasteiger charge is -2.50. The van der Waals surface area contributed by atoms with Gasteiger partial charge in [-0.1, -0.05) is 13.8 Å². The van der Waals surface area contributed by atoms with Crippen molar-refractivity contribution in [2.75, 3.05) is 24.6 Å². The summed E-state index contributed by atoms with van der Waals surface area (Å²) in [5.74, 6) is 5.01. The number of rotatable bonds is 4. The molecule has 1 saturated heterocycles. The number of terminal acetylenes is 1. The molecule has 0 radical (unpaired) electrons. The smallest absolute Gasteiger partial charge is 0.0447 e. The first kappa shape index (κ1) is 12.9. The van der Waals surface area contributed by atoms with Crippen molar-refractivity contribution in [1.82, 2.24) is 5.32 Å². The van der Waals surface area contributed by atoms with Gasteiger partial charge in [0.2, 0.25) is 0 Å². The molecule has 1 unspecified atom stereocenters. The van der Waals surface area contributed by atoms with E-state index >= 15 is 0 Å². The minimum atomic E-state index is 0.0623. The van der Waals surface area contributed by atoms with Crippen LogP contribution in [-0.4, -0.2) is 30.1 Å². The number of hydrogen-bond acceptors (Lipinski definition) is 3. The molecule has 0 bridgehead atoms. The molecule has 0 aromatic rings. The standard InChI is InChI=1S/C12H22N2S/c1-4-5-7-14-12(9-13)10-15-8-6-11(12,2)3/h1,14H,5-10,13H2,2-3H3. The van der Waals surface area contributed by atoms with Crippen molar-refractivity contribution in [2.24, 2.45) is 11.1 Å². The van der Waals surface area contributed by atoms with Crippen LogP contribution in [0.4, 0.5) is 0 Å². The summed E-state index contributed by atoms with van der Waals surface area (Å²) in [4.78, 5) is 0. The highest BCUT2D eigenvalue weighted by Gasteiger charge is 2.45. The quantitative estimate of drug-likeness (QED) is 0.563. The summed E-state index contributed by atoms with van der Waals surface area (Å²) in [6.45, 7) is 6.18. The fraction of sp³-hybridized carbons (Fsp3) is 0.833. The zero-order valence-electron chi connectivity index (χ0n) is 9.81. The molecular weight excluding hydrogens is 204 g/mol. The second kappa shape index (κ2) is 5.25. The van der Waals surface area contributed by atoms with Gasteiger partial charge in [-0.15, -0.1) is 12.3 Å². The lowest BCUT2D eigenvalue weighted by molar-refractivity contribution is 0.138. The molecule has 1 aliphatic rings. The van der Waals surface area contributed by atoms with Crippen molar-refractivity contribution in [1.29, 1.82) is 0 Å². The van der Waals surface area contributed by atoms with Crippen LogP contribution in [-0.2, 0) is 0 Å². The van der Waals surface area contributed by atoms with E-state index in [-0.39, 0.29) is 11.0 Å². The molecular formula is C12H22N2S. The molecule has 86 valence electrons. The molecule has 0 aromatic carbocycles.